The second-order valence-corrected chi connectivity index (χ2v) is 5.03. The van der Waals surface area contributed by atoms with Crippen LogP contribution in [-0.4, -0.2) is 16.5 Å². The normalized spacial score (nSPS) is 10.6. The molecule has 1 heterocycles. The predicted octanol–water partition coefficient (Wildman–Crippen LogP) is 3.32. The van der Waals surface area contributed by atoms with E-state index in [2.05, 4.69) is 38.1 Å². The molecule has 4 heteroatoms. The number of benzene rings is 1. The van der Waals surface area contributed by atoms with Gasteiger partial charge < -0.3 is 5.32 Å². The van der Waals surface area contributed by atoms with Gasteiger partial charge in [-0.1, -0.05) is 35.0 Å². The van der Waals surface area contributed by atoms with Crippen LogP contribution in [0.15, 0.2) is 34.9 Å². The van der Waals surface area contributed by atoms with E-state index in [1.807, 2.05) is 37.4 Å². The van der Waals surface area contributed by atoms with Crippen molar-refractivity contribution in [2.45, 2.75) is 20.4 Å². The quantitative estimate of drug-likeness (QED) is 0.941. The van der Waals surface area contributed by atoms with E-state index in [0.29, 0.717) is 0 Å². The van der Waals surface area contributed by atoms with Crippen molar-refractivity contribution < 1.29 is 0 Å². The fraction of sp³-hybridized carbons (Fsp3) is 0.286. The number of aryl methyl sites for hydroxylation is 1. The fourth-order valence-corrected chi connectivity index (χ4v) is 2.07. The molecule has 0 aliphatic rings. The molecule has 0 aliphatic heterocycles. The predicted molar refractivity (Wildman–Crippen MR) is 77.3 cm³/mol. The van der Waals surface area contributed by atoms with Crippen molar-refractivity contribution >= 4 is 15.9 Å². The van der Waals surface area contributed by atoms with Crippen molar-refractivity contribution in [3.8, 4) is 11.4 Å². The summed E-state index contributed by atoms with van der Waals surface area (Å²) in [5.74, 6) is 0.773. The Balaban J connectivity index is 2.34. The molecule has 0 unspecified atom stereocenters. The molecule has 0 saturated heterocycles. The summed E-state index contributed by atoms with van der Waals surface area (Å²) in [4.78, 5) is 9.03. The summed E-state index contributed by atoms with van der Waals surface area (Å²) in [6.45, 7) is 5.85. The number of hydrogen-bond acceptors (Lipinski definition) is 3. The van der Waals surface area contributed by atoms with Crippen LogP contribution in [0.5, 0.6) is 0 Å². The van der Waals surface area contributed by atoms with E-state index in [9.17, 15) is 0 Å². The Morgan fingerprint density at radius 2 is 2.17 bits per heavy atom. The summed E-state index contributed by atoms with van der Waals surface area (Å²) < 4.78 is 1.04. The molecule has 1 aromatic carbocycles. The molecule has 1 aromatic heterocycles. The van der Waals surface area contributed by atoms with Gasteiger partial charge in [0.05, 0.1) is 5.69 Å². The zero-order chi connectivity index (χ0) is 13.0. The highest BCUT2D eigenvalue weighted by Gasteiger charge is 2.06. The van der Waals surface area contributed by atoms with E-state index in [1.165, 1.54) is 0 Å². The van der Waals surface area contributed by atoms with Gasteiger partial charge in [-0.2, -0.15) is 0 Å². The van der Waals surface area contributed by atoms with Crippen molar-refractivity contribution in [1.29, 1.82) is 0 Å². The first-order valence-electron chi connectivity index (χ1n) is 6.00. The number of nitrogens with zero attached hydrogens (tertiary/aromatic N) is 2. The van der Waals surface area contributed by atoms with Gasteiger partial charge in [0.25, 0.3) is 0 Å². The summed E-state index contributed by atoms with van der Waals surface area (Å²) in [6, 6.07) is 8.04. The molecular weight excluding hydrogens is 290 g/mol. The first-order chi connectivity index (χ1) is 8.70. The van der Waals surface area contributed by atoms with Crippen molar-refractivity contribution in [3.05, 3.63) is 46.2 Å². The highest BCUT2D eigenvalue weighted by atomic mass is 79.9. The van der Waals surface area contributed by atoms with Gasteiger partial charge in [0.2, 0.25) is 0 Å². The third-order valence-corrected chi connectivity index (χ3v) is 3.20. The summed E-state index contributed by atoms with van der Waals surface area (Å²) in [5.41, 5.74) is 3.21. The number of rotatable bonds is 4. The highest BCUT2D eigenvalue weighted by Crippen LogP contribution is 2.20. The molecule has 0 amide bonds. The molecule has 18 heavy (non-hydrogen) atoms. The molecule has 2 rings (SSSR count). The maximum Gasteiger partial charge on any atom is 0.159 e. The average Bonchev–Trinajstić information content (AvgIpc) is 2.38. The third kappa shape index (κ3) is 3.15. The van der Waals surface area contributed by atoms with Gasteiger partial charge in [0.15, 0.2) is 5.82 Å². The molecule has 2 aromatic rings. The van der Waals surface area contributed by atoms with Gasteiger partial charge in [0.1, 0.15) is 0 Å². The second kappa shape index (κ2) is 6.07. The monoisotopic (exact) mass is 305 g/mol. The van der Waals surface area contributed by atoms with E-state index >= 15 is 0 Å². The topological polar surface area (TPSA) is 37.8 Å². The number of aromatic nitrogens is 2. The van der Waals surface area contributed by atoms with Gasteiger partial charge in [-0.25, -0.2) is 9.97 Å². The van der Waals surface area contributed by atoms with E-state index in [4.69, 9.17) is 0 Å². The molecule has 0 radical (unpaired) electrons. The van der Waals surface area contributed by atoms with Crippen molar-refractivity contribution in [3.63, 3.8) is 0 Å². The molecule has 0 aliphatic carbocycles. The lowest BCUT2D eigenvalue weighted by Crippen LogP contribution is -2.14. The molecule has 94 valence electrons. The Hall–Kier alpha value is -1.26. The summed E-state index contributed by atoms with van der Waals surface area (Å²) in [6.07, 6.45) is 1.88. The van der Waals surface area contributed by atoms with Crippen LogP contribution in [0.3, 0.4) is 0 Å². The van der Waals surface area contributed by atoms with Crippen LogP contribution in [0.25, 0.3) is 11.4 Å². The van der Waals surface area contributed by atoms with Crippen LogP contribution in [0.2, 0.25) is 0 Å². The zero-order valence-corrected chi connectivity index (χ0v) is 12.2. The van der Waals surface area contributed by atoms with Crippen molar-refractivity contribution in [2.75, 3.05) is 6.54 Å². The number of hydrogen-bond donors (Lipinski definition) is 1. The molecule has 0 bridgehead atoms. The maximum atomic E-state index is 4.63. The number of nitrogens with one attached hydrogen (secondary N) is 1. The minimum atomic E-state index is 0.773. The van der Waals surface area contributed by atoms with E-state index in [-0.39, 0.29) is 0 Å². The SMILES string of the molecule is CCNCc1nc(-c2cccc(Br)c2)ncc1C. The fourth-order valence-electron chi connectivity index (χ4n) is 1.67. The van der Waals surface area contributed by atoms with Gasteiger partial charge in [-0.15, -0.1) is 0 Å². The van der Waals surface area contributed by atoms with Crippen LogP contribution < -0.4 is 5.32 Å². The average molecular weight is 306 g/mol. The third-order valence-electron chi connectivity index (χ3n) is 2.70. The molecule has 1 N–H and O–H groups in total. The van der Waals surface area contributed by atoms with Crippen LogP contribution in [0.1, 0.15) is 18.2 Å². The van der Waals surface area contributed by atoms with E-state index < -0.39 is 0 Å². The summed E-state index contributed by atoms with van der Waals surface area (Å²) >= 11 is 3.47. The lowest BCUT2D eigenvalue weighted by molar-refractivity contribution is 0.704. The Bertz CT molecular complexity index is 540. The lowest BCUT2D eigenvalue weighted by atomic mass is 10.2. The summed E-state index contributed by atoms with van der Waals surface area (Å²) in [5, 5.41) is 3.30. The summed E-state index contributed by atoms with van der Waals surface area (Å²) in [7, 11) is 0. The molecule has 0 atom stereocenters. The van der Waals surface area contributed by atoms with Gasteiger partial charge in [-0.3, -0.25) is 0 Å². The van der Waals surface area contributed by atoms with E-state index in [1.54, 1.807) is 0 Å². The largest absolute Gasteiger partial charge is 0.311 e. The minimum absolute atomic E-state index is 0.773. The van der Waals surface area contributed by atoms with Crippen molar-refractivity contribution in [1.82, 2.24) is 15.3 Å². The Kier molecular flexibility index (Phi) is 4.44. The van der Waals surface area contributed by atoms with Gasteiger partial charge in [-0.05, 0) is 31.2 Å². The Morgan fingerprint density at radius 1 is 1.33 bits per heavy atom. The maximum absolute atomic E-state index is 4.63. The lowest BCUT2D eigenvalue weighted by Gasteiger charge is -2.08. The van der Waals surface area contributed by atoms with E-state index in [0.717, 1.165) is 40.2 Å². The van der Waals surface area contributed by atoms with Gasteiger partial charge >= 0.3 is 0 Å². The minimum Gasteiger partial charge on any atom is -0.311 e. The Morgan fingerprint density at radius 3 is 2.89 bits per heavy atom. The molecule has 0 spiro atoms. The van der Waals surface area contributed by atoms with Crippen LogP contribution in [0, 0.1) is 6.92 Å². The van der Waals surface area contributed by atoms with Gasteiger partial charge in [0, 0.05) is 22.8 Å². The molecule has 0 fully saturated rings. The zero-order valence-electron chi connectivity index (χ0n) is 10.6. The van der Waals surface area contributed by atoms with Crippen molar-refractivity contribution in [2.24, 2.45) is 0 Å². The first kappa shape index (κ1) is 13.2. The number of halogens is 1. The second-order valence-electron chi connectivity index (χ2n) is 4.11. The standard InChI is InChI=1S/C14H16BrN3/c1-3-16-9-13-10(2)8-17-14(18-13)11-5-4-6-12(15)7-11/h4-8,16H,3,9H2,1-2H3. The first-order valence-corrected chi connectivity index (χ1v) is 6.79. The van der Waals surface area contributed by atoms with Crippen LogP contribution >= 0.6 is 15.9 Å². The molecular formula is C14H16BrN3. The molecule has 3 nitrogen and oxygen atoms in total. The smallest absolute Gasteiger partial charge is 0.159 e. The highest BCUT2D eigenvalue weighted by molar-refractivity contribution is 9.10. The Labute approximate surface area is 116 Å². The van der Waals surface area contributed by atoms with Crippen LogP contribution in [0.4, 0.5) is 0 Å². The molecule has 0 saturated carbocycles. The van der Waals surface area contributed by atoms with Crippen LogP contribution in [-0.2, 0) is 6.54 Å².